The number of rotatable bonds is 7. The highest BCUT2D eigenvalue weighted by Gasteiger charge is 2.66. The van der Waals surface area contributed by atoms with Gasteiger partial charge in [0.1, 0.15) is 23.3 Å². The SMILES string of the molecule is COc1cccc(C(=O)[C@@H]2[C@@H](c3ccc4c(OC)c(C)c(OC)cc4c3)[C@](C#N)(C(N)=O)[C@H]3CCc4cc(C)ccc4N23)c1. The molecule has 4 aromatic carbocycles. The number of ketones is 1. The van der Waals surface area contributed by atoms with Gasteiger partial charge >= 0.3 is 0 Å². The van der Waals surface area contributed by atoms with E-state index in [1.54, 1.807) is 45.6 Å². The predicted octanol–water partition coefficient (Wildman–Crippen LogP) is 5.65. The summed E-state index contributed by atoms with van der Waals surface area (Å²) in [6.07, 6.45) is 1.16. The summed E-state index contributed by atoms with van der Waals surface area (Å²) >= 11 is 0. The summed E-state index contributed by atoms with van der Waals surface area (Å²) in [6.45, 7) is 3.95. The van der Waals surface area contributed by atoms with Gasteiger partial charge in [0.15, 0.2) is 11.2 Å². The van der Waals surface area contributed by atoms with E-state index in [0.29, 0.717) is 41.2 Å². The number of anilines is 1. The van der Waals surface area contributed by atoms with Crippen LogP contribution in [0.2, 0.25) is 0 Å². The summed E-state index contributed by atoms with van der Waals surface area (Å²) in [5.74, 6) is 0.0251. The number of nitriles is 1. The minimum absolute atomic E-state index is 0.218. The van der Waals surface area contributed by atoms with Crippen molar-refractivity contribution in [1.29, 1.82) is 5.26 Å². The first-order valence-corrected chi connectivity index (χ1v) is 14.6. The first-order valence-electron chi connectivity index (χ1n) is 14.6. The van der Waals surface area contributed by atoms with Crippen LogP contribution in [0.3, 0.4) is 0 Å². The topological polar surface area (TPSA) is 115 Å². The third-order valence-corrected chi connectivity index (χ3v) is 9.48. The Bertz CT molecular complexity index is 1860. The van der Waals surface area contributed by atoms with E-state index in [0.717, 1.165) is 33.2 Å². The zero-order valence-electron chi connectivity index (χ0n) is 25.5. The third kappa shape index (κ3) is 4.18. The molecule has 44 heavy (non-hydrogen) atoms. The number of hydrogen-bond donors (Lipinski definition) is 1. The fourth-order valence-corrected chi connectivity index (χ4v) is 7.50. The highest BCUT2D eigenvalue weighted by molar-refractivity contribution is 6.06. The first-order chi connectivity index (χ1) is 21.2. The minimum Gasteiger partial charge on any atom is -0.497 e. The molecule has 1 saturated heterocycles. The number of aryl methyl sites for hydroxylation is 2. The molecule has 2 aliphatic rings. The predicted molar refractivity (Wildman–Crippen MR) is 169 cm³/mol. The molecule has 8 nitrogen and oxygen atoms in total. The lowest BCUT2D eigenvalue weighted by atomic mass is 9.66. The van der Waals surface area contributed by atoms with Gasteiger partial charge in [0.2, 0.25) is 5.91 Å². The van der Waals surface area contributed by atoms with Gasteiger partial charge in [-0.2, -0.15) is 5.26 Å². The van der Waals surface area contributed by atoms with Crippen LogP contribution in [0.15, 0.2) is 66.7 Å². The summed E-state index contributed by atoms with van der Waals surface area (Å²) < 4.78 is 16.8. The molecule has 4 aromatic rings. The molecule has 0 spiro atoms. The van der Waals surface area contributed by atoms with Gasteiger partial charge < -0.3 is 24.8 Å². The molecule has 4 atom stereocenters. The molecular weight excluding hydrogens is 554 g/mol. The lowest BCUT2D eigenvalue weighted by Crippen LogP contribution is -2.50. The van der Waals surface area contributed by atoms with E-state index in [1.165, 1.54) is 0 Å². The van der Waals surface area contributed by atoms with E-state index in [1.807, 2.05) is 55.1 Å². The molecule has 1 fully saturated rings. The van der Waals surface area contributed by atoms with Crippen LogP contribution in [0.1, 0.15) is 45.0 Å². The van der Waals surface area contributed by atoms with Crippen LogP contribution in [-0.4, -0.2) is 45.1 Å². The number of carbonyl (C=O) groups is 2. The molecule has 0 aromatic heterocycles. The number of benzene rings is 4. The fourth-order valence-electron chi connectivity index (χ4n) is 7.50. The molecule has 6 rings (SSSR count). The standard InChI is InChI=1S/C36H35N3O5/c1-20-9-13-28-22(15-20)11-14-30-36(19-37,35(38)41)31(32(39(28)30)33(40)24-7-6-8-26(17-24)42-3)23-10-12-27-25(16-23)18-29(43-4)21(2)34(27)44-5/h6-10,12-13,15-18,30-32H,11,14H2,1-5H3,(H2,38,41)/t30-,31-,32+,36-/m1/s1. The molecule has 8 heteroatoms. The van der Waals surface area contributed by atoms with Crippen molar-refractivity contribution in [2.24, 2.45) is 11.1 Å². The summed E-state index contributed by atoms with van der Waals surface area (Å²) in [4.78, 5) is 30.4. The van der Waals surface area contributed by atoms with Crippen LogP contribution in [0.4, 0.5) is 5.69 Å². The van der Waals surface area contributed by atoms with E-state index in [4.69, 9.17) is 19.9 Å². The summed E-state index contributed by atoms with van der Waals surface area (Å²) in [6, 6.07) is 21.6. The maximum atomic E-state index is 14.8. The number of nitrogens with two attached hydrogens (primary N) is 1. The van der Waals surface area contributed by atoms with E-state index < -0.39 is 29.3 Å². The average molecular weight is 590 g/mol. The highest BCUT2D eigenvalue weighted by Crippen LogP contribution is 2.57. The first kappa shape index (κ1) is 29.1. The Morgan fingerprint density at radius 3 is 2.45 bits per heavy atom. The van der Waals surface area contributed by atoms with Gasteiger partial charge in [-0.15, -0.1) is 0 Å². The quantitative estimate of drug-likeness (QED) is 0.277. The Morgan fingerprint density at radius 1 is 0.977 bits per heavy atom. The molecule has 0 radical (unpaired) electrons. The molecule has 1 amide bonds. The van der Waals surface area contributed by atoms with Crippen LogP contribution in [0.25, 0.3) is 10.8 Å². The van der Waals surface area contributed by atoms with Gasteiger partial charge in [-0.1, -0.05) is 48.0 Å². The number of ether oxygens (including phenoxy) is 3. The van der Waals surface area contributed by atoms with Crippen LogP contribution in [0.5, 0.6) is 17.2 Å². The van der Waals surface area contributed by atoms with Gasteiger partial charge in [-0.05, 0) is 67.5 Å². The number of Topliss-reactive ketones (excluding diaryl/α,β-unsaturated/α-hetero) is 1. The molecule has 0 aliphatic carbocycles. The minimum atomic E-state index is -1.69. The van der Waals surface area contributed by atoms with E-state index in [9.17, 15) is 14.9 Å². The number of carbonyl (C=O) groups excluding carboxylic acids is 2. The monoisotopic (exact) mass is 589 g/mol. The van der Waals surface area contributed by atoms with Gasteiger partial charge in [-0.3, -0.25) is 9.59 Å². The second kappa shape index (κ2) is 10.9. The smallest absolute Gasteiger partial charge is 0.240 e. The number of primary amides is 1. The van der Waals surface area contributed by atoms with Gasteiger partial charge in [0.25, 0.3) is 0 Å². The number of amides is 1. The van der Waals surface area contributed by atoms with Gasteiger partial charge in [0, 0.05) is 28.1 Å². The van der Waals surface area contributed by atoms with Crippen molar-refractivity contribution in [1.82, 2.24) is 0 Å². The summed E-state index contributed by atoms with van der Waals surface area (Å²) in [7, 11) is 4.76. The molecule has 0 bridgehead atoms. The van der Waals surface area contributed by atoms with Crippen molar-refractivity contribution in [3.8, 4) is 23.3 Å². The molecule has 224 valence electrons. The van der Waals surface area contributed by atoms with Crippen LogP contribution in [0, 0.1) is 30.6 Å². The second-order valence-electron chi connectivity index (χ2n) is 11.7. The maximum absolute atomic E-state index is 14.8. The maximum Gasteiger partial charge on any atom is 0.240 e. The van der Waals surface area contributed by atoms with Gasteiger partial charge in [-0.25, -0.2) is 0 Å². The summed E-state index contributed by atoms with van der Waals surface area (Å²) in [5, 5.41) is 12.6. The molecule has 2 heterocycles. The van der Waals surface area contributed by atoms with Crippen LogP contribution >= 0.6 is 0 Å². The van der Waals surface area contributed by atoms with E-state index >= 15 is 0 Å². The van der Waals surface area contributed by atoms with Crippen molar-refractivity contribution >= 4 is 28.2 Å². The number of fused-ring (bicyclic) bond motifs is 4. The number of nitrogens with zero attached hydrogens (tertiary/aromatic N) is 2. The van der Waals surface area contributed by atoms with Crippen molar-refractivity contribution in [3.63, 3.8) is 0 Å². The highest BCUT2D eigenvalue weighted by atomic mass is 16.5. The Kier molecular flexibility index (Phi) is 7.21. The largest absolute Gasteiger partial charge is 0.497 e. The molecule has 2 aliphatic heterocycles. The lowest BCUT2D eigenvalue weighted by molar-refractivity contribution is -0.125. The van der Waals surface area contributed by atoms with E-state index in [-0.39, 0.29) is 5.78 Å². The lowest BCUT2D eigenvalue weighted by Gasteiger charge is -2.39. The van der Waals surface area contributed by atoms with Crippen molar-refractivity contribution in [2.45, 2.75) is 44.7 Å². The molecule has 0 saturated carbocycles. The Balaban J connectivity index is 1.65. The van der Waals surface area contributed by atoms with Crippen molar-refractivity contribution < 1.29 is 23.8 Å². The zero-order chi connectivity index (χ0) is 31.3. The number of methoxy groups -OCH3 is 3. The van der Waals surface area contributed by atoms with Crippen molar-refractivity contribution in [2.75, 3.05) is 26.2 Å². The Labute approximate surface area is 256 Å². The van der Waals surface area contributed by atoms with Crippen molar-refractivity contribution in [3.05, 3.63) is 94.5 Å². The Morgan fingerprint density at radius 2 is 1.77 bits per heavy atom. The summed E-state index contributed by atoms with van der Waals surface area (Å²) in [5.41, 5.74) is 9.51. The fraction of sp³-hybridized carbons (Fsp3) is 0.306. The van der Waals surface area contributed by atoms with Gasteiger partial charge in [0.05, 0.1) is 33.4 Å². The third-order valence-electron chi connectivity index (χ3n) is 9.48. The van der Waals surface area contributed by atoms with Crippen LogP contribution < -0.4 is 24.8 Å². The molecule has 2 N–H and O–H groups in total. The molecular formula is C36H35N3O5. The van der Waals surface area contributed by atoms with E-state index in [2.05, 4.69) is 12.1 Å². The Hall–Kier alpha value is -5.03. The number of hydrogen-bond acceptors (Lipinski definition) is 7. The second-order valence-corrected chi connectivity index (χ2v) is 11.7. The normalized spacial score (nSPS) is 22.1. The van der Waals surface area contributed by atoms with Crippen LogP contribution in [-0.2, 0) is 11.2 Å². The zero-order valence-corrected chi connectivity index (χ0v) is 25.5. The average Bonchev–Trinajstić information content (AvgIpc) is 3.35. The molecule has 0 unspecified atom stereocenters.